The number of hydrogen-bond donors (Lipinski definition) is 1. The van der Waals surface area contributed by atoms with Crippen LogP contribution in [-0.4, -0.2) is 41.7 Å². The molecule has 2 aliphatic heterocycles. The van der Waals surface area contributed by atoms with E-state index in [0.717, 1.165) is 50.6 Å². The van der Waals surface area contributed by atoms with Crippen molar-refractivity contribution in [2.75, 3.05) is 25.0 Å². The second-order valence-electron chi connectivity index (χ2n) is 6.23. The Bertz CT molecular complexity index is 580. The lowest BCUT2D eigenvalue weighted by Crippen LogP contribution is -2.43. The van der Waals surface area contributed by atoms with Gasteiger partial charge in [0.1, 0.15) is 5.82 Å². The van der Waals surface area contributed by atoms with Gasteiger partial charge in [-0.1, -0.05) is 0 Å². The van der Waals surface area contributed by atoms with Gasteiger partial charge in [-0.15, -0.1) is 0 Å². The maximum absolute atomic E-state index is 12.7. The van der Waals surface area contributed by atoms with Crippen molar-refractivity contribution in [3.8, 4) is 0 Å². The first-order valence-electron chi connectivity index (χ1n) is 8.14. The fraction of sp³-hybridized carbons (Fsp3) is 0.625. The second-order valence-corrected chi connectivity index (χ2v) is 6.23. The average molecular weight is 343 g/mol. The number of urea groups is 1. The van der Waals surface area contributed by atoms with Crippen molar-refractivity contribution in [2.24, 2.45) is 5.92 Å². The van der Waals surface area contributed by atoms with Crippen LogP contribution in [0.25, 0.3) is 0 Å². The van der Waals surface area contributed by atoms with Crippen LogP contribution in [0.2, 0.25) is 0 Å². The number of halogens is 3. The molecule has 2 aliphatic rings. The zero-order valence-electron chi connectivity index (χ0n) is 13.2. The molecule has 3 heterocycles. The number of alkyl halides is 3. The second kappa shape index (κ2) is 6.96. The number of ether oxygens (including phenoxy) is 1. The average Bonchev–Trinajstić information content (AvgIpc) is 3.09. The molecule has 1 atom stereocenters. The van der Waals surface area contributed by atoms with E-state index in [1.54, 1.807) is 4.90 Å². The van der Waals surface area contributed by atoms with Crippen LogP contribution in [0.15, 0.2) is 18.3 Å². The van der Waals surface area contributed by atoms with Crippen molar-refractivity contribution < 1.29 is 22.7 Å². The number of rotatable bonds is 2. The Hall–Kier alpha value is -1.83. The molecule has 0 saturated carbocycles. The summed E-state index contributed by atoms with van der Waals surface area (Å²) in [6.45, 7) is 1.97. The van der Waals surface area contributed by atoms with Gasteiger partial charge in [-0.25, -0.2) is 9.78 Å². The van der Waals surface area contributed by atoms with E-state index < -0.39 is 17.8 Å². The molecule has 0 radical (unpaired) electrons. The van der Waals surface area contributed by atoms with Crippen molar-refractivity contribution in [3.63, 3.8) is 0 Å². The molecule has 2 saturated heterocycles. The minimum absolute atomic E-state index is 0.0870. The summed E-state index contributed by atoms with van der Waals surface area (Å²) in [5.41, 5.74) is -0.829. The molecule has 2 amide bonds. The SMILES string of the molecule is O=C(Nc1cc(C(F)(F)F)ccn1)N1CCC(C2CCCO2)CC1. The number of anilines is 1. The third-order valence-corrected chi connectivity index (χ3v) is 4.64. The van der Waals surface area contributed by atoms with Gasteiger partial charge < -0.3 is 9.64 Å². The normalized spacial score (nSPS) is 22.6. The minimum Gasteiger partial charge on any atom is -0.378 e. The maximum Gasteiger partial charge on any atom is 0.416 e. The van der Waals surface area contributed by atoms with Crippen molar-refractivity contribution in [2.45, 2.75) is 38.0 Å². The molecule has 2 fully saturated rings. The molecule has 5 nitrogen and oxygen atoms in total. The number of nitrogens with zero attached hydrogens (tertiary/aromatic N) is 2. The predicted octanol–water partition coefficient (Wildman–Crippen LogP) is 3.52. The highest BCUT2D eigenvalue weighted by atomic mass is 19.4. The molecule has 8 heteroatoms. The van der Waals surface area contributed by atoms with Crippen LogP contribution in [0.3, 0.4) is 0 Å². The van der Waals surface area contributed by atoms with Gasteiger partial charge in [0.2, 0.25) is 0 Å². The molecule has 1 aromatic heterocycles. The third kappa shape index (κ3) is 3.98. The van der Waals surface area contributed by atoms with Crippen LogP contribution in [-0.2, 0) is 10.9 Å². The number of piperidine rings is 1. The summed E-state index contributed by atoms with van der Waals surface area (Å²) in [6, 6.07) is 1.31. The van der Waals surface area contributed by atoms with Gasteiger partial charge in [-0.2, -0.15) is 13.2 Å². The summed E-state index contributed by atoms with van der Waals surface area (Å²) in [4.78, 5) is 17.6. The number of amides is 2. The Morgan fingerprint density at radius 1 is 1.29 bits per heavy atom. The predicted molar refractivity (Wildman–Crippen MR) is 81.5 cm³/mol. The monoisotopic (exact) mass is 343 g/mol. The van der Waals surface area contributed by atoms with E-state index in [4.69, 9.17) is 4.74 Å². The first kappa shape index (κ1) is 17.0. The number of nitrogens with one attached hydrogen (secondary N) is 1. The van der Waals surface area contributed by atoms with Gasteiger partial charge in [0.25, 0.3) is 0 Å². The molecule has 0 bridgehead atoms. The fourth-order valence-electron chi connectivity index (χ4n) is 3.31. The van der Waals surface area contributed by atoms with Gasteiger partial charge >= 0.3 is 12.2 Å². The summed E-state index contributed by atoms with van der Waals surface area (Å²) < 4.78 is 43.8. The molecule has 0 aromatic carbocycles. The summed E-state index contributed by atoms with van der Waals surface area (Å²) in [5, 5.41) is 2.45. The quantitative estimate of drug-likeness (QED) is 0.894. The van der Waals surface area contributed by atoms with Crippen molar-refractivity contribution in [1.82, 2.24) is 9.88 Å². The Morgan fingerprint density at radius 2 is 2.04 bits per heavy atom. The molecule has 0 spiro atoms. The highest BCUT2D eigenvalue weighted by Gasteiger charge is 2.32. The van der Waals surface area contributed by atoms with Gasteiger partial charge in [-0.3, -0.25) is 5.32 Å². The van der Waals surface area contributed by atoms with E-state index in [9.17, 15) is 18.0 Å². The van der Waals surface area contributed by atoms with E-state index in [0.29, 0.717) is 25.1 Å². The zero-order valence-corrected chi connectivity index (χ0v) is 13.2. The van der Waals surface area contributed by atoms with Crippen LogP contribution in [0.5, 0.6) is 0 Å². The maximum atomic E-state index is 12.7. The van der Waals surface area contributed by atoms with Crippen molar-refractivity contribution in [1.29, 1.82) is 0 Å². The fourth-order valence-corrected chi connectivity index (χ4v) is 3.31. The first-order chi connectivity index (χ1) is 11.4. The van der Waals surface area contributed by atoms with Crippen LogP contribution in [0.1, 0.15) is 31.2 Å². The summed E-state index contributed by atoms with van der Waals surface area (Å²) in [5.74, 6) is 0.374. The van der Waals surface area contributed by atoms with Crippen LogP contribution in [0.4, 0.5) is 23.8 Å². The van der Waals surface area contributed by atoms with Crippen LogP contribution >= 0.6 is 0 Å². The molecule has 0 aliphatic carbocycles. The third-order valence-electron chi connectivity index (χ3n) is 4.64. The standard InChI is InChI=1S/C16H20F3N3O2/c17-16(18,19)12-3-6-20-14(10-12)21-15(23)22-7-4-11(5-8-22)13-2-1-9-24-13/h3,6,10-11,13H,1-2,4-5,7-9H2,(H,20,21,23). The zero-order chi connectivity index (χ0) is 17.2. The Kier molecular flexibility index (Phi) is 4.93. The first-order valence-corrected chi connectivity index (χ1v) is 8.14. The van der Waals surface area contributed by atoms with E-state index in [1.165, 1.54) is 0 Å². The molecule has 3 rings (SSSR count). The number of pyridine rings is 1. The number of likely N-dealkylation sites (tertiary alicyclic amines) is 1. The Balaban J connectivity index is 1.54. The summed E-state index contributed by atoms with van der Waals surface area (Å²) in [7, 11) is 0. The molecular weight excluding hydrogens is 323 g/mol. The van der Waals surface area contributed by atoms with Crippen LogP contribution < -0.4 is 5.32 Å². The van der Waals surface area contributed by atoms with Gasteiger partial charge in [0, 0.05) is 25.9 Å². The minimum atomic E-state index is -4.46. The molecular formula is C16H20F3N3O2. The van der Waals surface area contributed by atoms with Gasteiger partial charge in [-0.05, 0) is 43.7 Å². The van der Waals surface area contributed by atoms with Gasteiger partial charge in [0.05, 0.1) is 11.7 Å². The van der Waals surface area contributed by atoms with Crippen molar-refractivity contribution >= 4 is 11.8 Å². The summed E-state index contributed by atoms with van der Waals surface area (Å²) in [6.07, 6.45) is 0.754. The highest BCUT2D eigenvalue weighted by molar-refractivity contribution is 5.88. The van der Waals surface area contributed by atoms with Crippen molar-refractivity contribution in [3.05, 3.63) is 23.9 Å². The van der Waals surface area contributed by atoms with Crippen LogP contribution in [0, 0.1) is 5.92 Å². The number of carbonyl (C=O) groups is 1. The summed E-state index contributed by atoms with van der Waals surface area (Å²) >= 11 is 0. The molecule has 1 N–H and O–H groups in total. The van der Waals surface area contributed by atoms with Gasteiger partial charge in [0.15, 0.2) is 0 Å². The van der Waals surface area contributed by atoms with E-state index in [1.807, 2.05) is 0 Å². The number of hydrogen-bond acceptors (Lipinski definition) is 3. The Morgan fingerprint density at radius 3 is 2.67 bits per heavy atom. The number of aromatic nitrogens is 1. The molecule has 24 heavy (non-hydrogen) atoms. The lowest BCUT2D eigenvalue weighted by Gasteiger charge is -2.34. The molecule has 132 valence electrons. The lowest BCUT2D eigenvalue weighted by atomic mass is 9.90. The highest BCUT2D eigenvalue weighted by Crippen LogP contribution is 2.31. The topological polar surface area (TPSA) is 54.5 Å². The Labute approximate surface area is 138 Å². The molecule has 1 unspecified atom stereocenters. The number of carbonyl (C=O) groups excluding carboxylic acids is 1. The van der Waals surface area contributed by atoms with E-state index >= 15 is 0 Å². The smallest absolute Gasteiger partial charge is 0.378 e. The lowest BCUT2D eigenvalue weighted by molar-refractivity contribution is -0.137. The molecule has 1 aromatic rings. The van der Waals surface area contributed by atoms with E-state index in [-0.39, 0.29) is 5.82 Å². The van der Waals surface area contributed by atoms with E-state index in [2.05, 4.69) is 10.3 Å². The largest absolute Gasteiger partial charge is 0.416 e.